The zero-order valence-corrected chi connectivity index (χ0v) is 12.8. The minimum atomic E-state index is -0.778. The van der Waals surface area contributed by atoms with E-state index < -0.39 is 11.5 Å². The van der Waals surface area contributed by atoms with Crippen LogP contribution < -0.4 is 0 Å². The maximum absolute atomic E-state index is 11.5. The average molecular weight is 291 g/mol. The number of carboxylic acids is 1. The first-order chi connectivity index (χ1) is 10.2. The maximum Gasteiger partial charge on any atom is 0.305 e. The lowest BCUT2D eigenvalue weighted by atomic mass is 9.85. The Bertz CT molecular complexity index is 441. The quantitative estimate of drug-likeness (QED) is 0.875. The second kappa shape index (κ2) is 7.57. The fourth-order valence-corrected chi connectivity index (χ4v) is 3.36. The van der Waals surface area contributed by atoms with Crippen molar-refractivity contribution in [3.63, 3.8) is 0 Å². The van der Waals surface area contributed by atoms with Crippen molar-refractivity contribution in [1.82, 2.24) is 4.90 Å². The predicted octanol–water partition coefficient (Wildman–Crippen LogP) is 2.88. The lowest BCUT2D eigenvalue weighted by molar-refractivity contribution is -0.142. The molecule has 0 spiro atoms. The molecule has 1 aromatic carbocycles. The summed E-state index contributed by atoms with van der Waals surface area (Å²) in [5.41, 5.74) is 0.475. The molecule has 0 aliphatic carbocycles. The van der Waals surface area contributed by atoms with Crippen molar-refractivity contribution in [1.29, 1.82) is 0 Å². The third kappa shape index (κ3) is 3.83. The molecule has 116 valence electrons. The van der Waals surface area contributed by atoms with Gasteiger partial charge in [0.2, 0.25) is 0 Å². The Balaban J connectivity index is 2.40. The molecule has 1 N–H and O–H groups in total. The normalized spacial score (nSPS) is 19.7. The summed E-state index contributed by atoms with van der Waals surface area (Å²) in [5.74, 6) is -0.778. The van der Waals surface area contributed by atoms with Crippen molar-refractivity contribution in [2.75, 3.05) is 26.8 Å². The summed E-state index contributed by atoms with van der Waals surface area (Å²) in [6, 6.07) is 9.95. The number of likely N-dealkylation sites (tertiary alicyclic amines) is 1. The van der Waals surface area contributed by atoms with Crippen LogP contribution in [0.3, 0.4) is 0 Å². The molecule has 0 saturated carbocycles. The van der Waals surface area contributed by atoms with E-state index in [0.717, 1.165) is 31.5 Å². The van der Waals surface area contributed by atoms with Crippen LogP contribution in [0.5, 0.6) is 0 Å². The Hall–Kier alpha value is -1.39. The molecular weight excluding hydrogens is 266 g/mol. The van der Waals surface area contributed by atoms with E-state index in [9.17, 15) is 9.90 Å². The Morgan fingerprint density at radius 2 is 1.81 bits per heavy atom. The van der Waals surface area contributed by atoms with E-state index in [1.165, 1.54) is 12.8 Å². The van der Waals surface area contributed by atoms with E-state index in [0.29, 0.717) is 6.61 Å². The SMILES string of the molecule is COCC(CC(=O)O)(c1ccccc1)N1CCCCCC1. The standard InChI is InChI=1S/C17H25NO3/c1-21-14-17(13-16(19)20,15-9-5-4-6-10-15)18-11-7-2-3-8-12-18/h4-6,9-10H,2-3,7-8,11-14H2,1H3,(H,19,20). The number of hydrogen-bond donors (Lipinski definition) is 1. The molecule has 1 fully saturated rings. The summed E-state index contributed by atoms with van der Waals surface area (Å²) in [6.07, 6.45) is 4.77. The van der Waals surface area contributed by atoms with E-state index in [4.69, 9.17) is 4.74 Å². The van der Waals surface area contributed by atoms with Gasteiger partial charge in [0.1, 0.15) is 0 Å². The lowest BCUT2D eigenvalue weighted by Gasteiger charge is -2.43. The summed E-state index contributed by atoms with van der Waals surface area (Å²) in [5, 5.41) is 9.46. The molecule has 0 bridgehead atoms. The molecule has 1 unspecified atom stereocenters. The molecule has 1 aromatic rings. The summed E-state index contributed by atoms with van der Waals surface area (Å²) >= 11 is 0. The number of aliphatic carboxylic acids is 1. The van der Waals surface area contributed by atoms with Crippen molar-refractivity contribution in [2.45, 2.75) is 37.6 Å². The van der Waals surface area contributed by atoms with Gasteiger partial charge in [-0.3, -0.25) is 9.69 Å². The number of carbonyl (C=O) groups is 1. The number of benzene rings is 1. The van der Waals surface area contributed by atoms with Crippen molar-refractivity contribution in [3.8, 4) is 0 Å². The van der Waals surface area contributed by atoms with Crippen molar-refractivity contribution in [2.24, 2.45) is 0 Å². The Kier molecular flexibility index (Phi) is 5.76. The zero-order valence-electron chi connectivity index (χ0n) is 12.8. The van der Waals surface area contributed by atoms with Crippen molar-refractivity contribution >= 4 is 5.97 Å². The maximum atomic E-state index is 11.5. The molecule has 0 amide bonds. The fourth-order valence-electron chi connectivity index (χ4n) is 3.36. The number of carboxylic acid groups (broad SMARTS) is 1. The topological polar surface area (TPSA) is 49.8 Å². The van der Waals surface area contributed by atoms with E-state index in [1.807, 2.05) is 30.3 Å². The Morgan fingerprint density at radius 3 is 2.33 bits per heavy atom. The highest BCUT2D eigenvalue weighted by molar-refractivity contribution is 5.69. The van der Waals surface area contributed by atoms with Gasteiger partial charge in [-0.05, 0) is 31.5 Å². The fraction of sp³-hybridized carbons (Fsp3) is 0.588. The molecule has 1 aliphatic rings. The molecular formula is C17H25NO3. The van der Waals surface area contributed by atoms with Crippen LogP contribution in [0.1, 0.15) is 37.7 Å². The molecule has 0 aromatic heterocycles. The van der Waals surface area contributed by atoms with Gasteiger partial charge in [-0.1, -0.05) is 43.2 Å². The van der Waals surface area contributed by atoms with Gasteiger partial charge < -0.3 is 9.84 Å². The van der Waals surface area contributed by atoms with Crippen LogP contribution in [-0.2, 0) is 15.1 Å². The van der Waals surface area contributed by atoms with Gasteiger partial charge in [-0.15, -0.1) is 0 Å². The first kappa shape index (κ1) is 16.0. The van der Waals surface area contributed by atoms with Crippen LogP contribution in [-0.4, -0.2) is 42.8 Å². The highest BCUT2D eigenvalue weighted by Gasteiger charge is 2.40. The van der Waals surface area contributed by atoms with Crippen LogP contribution in [0.4, 0.5) is 0 Å². The Labute approximate surface area is 126 Å². The molecule has 0 radical (unpaired) electrons. The molecule has 1 atom stereocenters. The first-order valence-corrected chi connectivity index (χ1v) is 7.70. The molecule has 2 rings (SSSR count). The molecule has 1 saturated heterocycles. The smallest absolute Gasteiger partial charge is 0.305 e. The first-order valence-electron chi connectivity index (χ1n) is 7.70. The molecule has 4 nitrogen and oxygen atoms in total. The highest BCUT2D eigenvalue weighted by Crippen LogP contribution is 2.34. The van der Waals surface area contributed by atoms with Crippen molar-refractivity contribution < 1.29 is 14.6 Å². The minimum Gasteiger partial charge on any atom is -0.481 e. The summed E-state index contributed by atoms with van der Waals surface area (Å²) in [7, 11) is 1.65. The van der Waals surface area contributed by atoms with Crippen LogP contribution in [0, 0.1) is 0 Å². The molecule has 1 aliphatic heterocycles. The van der Waals surface area contributed by atoms with E-state index in [-0.39, 0.29) is 6.42 Å². The number of ether oxygens (including phenoxy) is 1. The summed E-state index contributed by atoms with van der Waals surface area (Å²) in [4.78, 5) is 13.8. The van der Waals surface area contributed by atoms with Gasteiger partial charge >= 0.3 is 5.97 Å². The van der Waals surface area contributed by atoms with Gasteiger partial charge in [0.15, 0.2) is 0 Å². The van der Waals surface area contributed by atoms with Gasteiger partial charge in [0.25, 0.3) is 0 Å². The lowest BCUT2D eigenvalue weighted by Crippen LogP contribution is -2.51. The number of hydrogen-bond acceptors (Lipinski definition) is 3. The molecule has 4 heteroatoms. The largest absolute Gasteiger partial charge is 0.481 e. The monoisotopic (exact) mass is 291 g/mol. The third-order valence-electron chi connectivity index (χ3n) is 4.35. The number of methoxy groups -OCH3 is 1. The minimum absolute atomic E-state index is 0.0743. The summed E-state index contributed by atoms with van der Waals surface area (Å²) in [6.45, 7) is 2.28. The number of rotatable bonds is 6. The van der Waals surface area contributed by atoms with E-state index in [2.05, 4.69) is 4.90 Å². The highest BCUT2D eigenvalue weighted by atomic mass is 16.5. The van der Waals surface area contributed by atoms with E-state index >= 15 is 0 Å². The van der Waals surface area contributed by atoms with Gasteiger partial charge in [-0.2, -0.15) is 0 Å². The zero-order chi connectivity index (χ0) is 15.1. The van der Waals surface area contributed by atoms with Crippen molar-refractivity contribution in [3.05, 3.63) is 35.9 Å². The van der Waals surface area contributed by atoms with Gasteiger partial charge in [0, 0.05) is 7.11 Å². The average Bonchev–Trinajstić information content (AvgIpc) is 2.76. The second-order valence-corrected chi connectivity index (χ2v) is 5.80. The molecule has 1 heterocycles. The third-order valence-corrected chi connectivity index (χ3v) is 4.35. The van der Waals surface area contributed by atoms with Crippen LogP contribution in [0.2, 0.25) is 0 Å². The second-order valence-electron chi connectivity index (χ2n) is 5.80. The predicted molar refractivity (Wildman–Crippen MR) is 82.3 cm³/mol. The van der Waals surface area contributed by atoms with Gasteiger partial charge in [0.05, 0.1) is 18.6 Å². The van der Waals surface area contributed by atoms with Crippen LogP contribution in [0.15, 0.2) is 30.3 Å². The van der Waals surface area contributed by atoms with E-state index in [1.54, 1.807) is 7.11 Å². The van der Waals surface area contributed by atoms with Gasteiger partial charge in [-0.25, -0.2) is 0 Å². The molecule has 21 heavy (non-hydrogen) atoms. The number of nitrogens with zero attached hydrogens (tertiary/aromatic N) is 1. The Morgan fingerprint density at radius 1 is 1.19 bits per heavy atom. The van der Waals surface area contributed by atoms with Crippen LogP contribution >= 0.6 is 0 Å². The summed E-state index contributed by atoms with van der Waals surface area (Å²) < 4.78 is 5.45. The van der Waals surface area contributed by atoms with Crippen LogP contribution in [0.25, 0.3) is 0 Å².